The maximum Gasteiger partial charge on any atom is 0.260 e. The Balaban J connectivity index is 1.72. The fourth-order valence-electron chi connectivity index (χ4n) is 2.19. The zero-order valence-electron chi connectivity index (χ0n) is 13.5. The van der Waals surface area contributed by atoms with E-state index in [1.165, 1.54) is 11.1 Å². The molecule has 0 saturated heterocycles. The molecule has 2 aromatic carbocycles. The molecular formula is C19H22ClNO2. The number of carbonyl (C=O) groups excluding carboxylic acids is 1. The monoisotopic (exact) mass is 331 g/mol. The van der Waals surface area contributed by atoms with Crippen LogP contribution in [0, 0.1) is 6.92 Å². The average Bonchev–Trinajstić information content (AvgIpc) is 2.55. The topological polar surface area (TPSA) is 38.3 Å². The molecule has 2 rings (SSSR count). The number of ether oxygens (including phenoxy) is 1. The lowest BCUT2D eigenvalue weighted by molar-refractivity contribution is -0.127. The fraction of sp³-hybridized carbons (Fsp3) is 0.316. The van der Waals surface area contributed by atoms with E-state index < -0.39 is 6.10 Å². The fourth-order valence-corrected chi connectivity index (χ4v) is 2.37. The molecule has 0 saturated carbocycles. The molecule has 0 aliphatic rings. The van der Waals surface area contributed by atoms with Crippen molar-refractivity contribution < 1.29 is 9.53 Å². The third-order valence-electron chi connectivity index (χ3n) is 3.57. The Morgan fingerprint density at radius 1 is 1.17 bits per heavy atom. The van der Waals surface area contributed by atoms with Crippen molar-refractivity contribution in [3.63, 3.8) is 0 Å². The summed E-state index contributed by atoms with van der Waals surface area (Å²) >= 11 is 6.02. The van der Waals surface area contributed by atoms with Gasteiger partial charge in [0.2, 0.25) is 0 Å². The Hall–Kier alpha value is -2.00. The van der Waals surface area contributed by atoms with Crippen molar-refractivity contribution in [3.8, 4) is 5.75 Å². The summed E-state index contributed by atoms with van der Waals surface area (Å²) in [6.07, 6.45) is 1.27. The minimum Gasteiger partial charge on any atom is -0.479 e. The molecule has 0 aliphatic carbocycles. The minimum absolute atomic E-state index is 0.131. The third kappa shape index (κ3) is 5.61. The first kappa shape index (κ1) is 17.4. The number of hydrogen-bond donors (Lipinski definition) is 1. The van der Waals surface area contributed by atoms with Gasteiger partial charge in [0.1, 0.15) is 5.75 Å². The number of amides is 1. The summed E-state index contributed by atoms with van der Waals surface area (Å²) in [5, 5.41) is 3.40. The Morgan fingerprint density at radius 3 is 2.57 bits per heavy atom. The van der Waals surface area contributed by atoms with Crippen LogP contribution in [-0.2, 0) is 11.2 Å². The smallest absolute Gasteiger partial charge is 0.260 e. The number of nitrogens with one attached hydrogen (secondary N) is 1. The third-order valence-corrected chi connectivity index (χ3v) is 3.88. The SMILES string of the molecule is Cc1ccc(CCCNC(=O)[C@@H](C)Oc2ccccc2Cl)cc1. The zero-order valence-corrected chi connectivity index (χ0v) is 14.3. The molecule has 0 radical (unpaired) electrons. The van der Waals surface area contributed by atoms with Gasteiger partial charge in [0.05, 0.1) is 5.02 Å². The van der Waals surface area contributed by atoms with Gasteiger partial charge in [-0.1, -0.05) is 53.6 Å². The second-order valence-electron chi connectivity index (χ2n) is 5.57. The maximum atomic E-state index is 12.0. The molecule has 23 heavy (non-hydrogen) atoms. The van der Waals surface area contributed by atoms with Crippen molar-refractivity contribution in [1.29, 1.82) is 0 Å². The molecule has 0 spiro atoms. The molecule has 0 bridgehead atoms. The minimum atomic E-state index is -0.575. The lowest BCUT2D eigenvalue weighted by Gasteiger charge is -2.15. The summed E-state index contributed by atoms with van der Waals surface area (Å²) in [5.74, 6) is 0.394. The van der Waals surface area contributed by atoms with Gasteiger partial charge in [0.25, 0.3) is 5.91 Å². The molecule has 2 aromatic rings. The molecule has 0 aromatic heterocycles. The highest BCUT2D eigenvalue weighted by atomic mass is 35.5. The van der Waals surface area contributed by atoms with Gasteiger partial charge in [-0.05, 0) is 44.4 Å². The van der Waals surface area contributed by atoms with Crippen molar-refractivity contribution in [3.05, 3.63) is 64.7 Å². The predicted molar refractivity (Wildman–Crippen MR) is 94.1 cm³/mol. The van der Waals surface area contributed by atoms with Crippen LogP contribution in [0.2, 0.25) is 5.02 Å². The van der Waals surface area contributed by atoms with Crippen molar-refractivity contribution in [2.24, 2.45) is 0 Å². The molecular weight excluding hydrogens is 310 g/mol. The van der Waals surface area contributed by atoms with E-state index in [0.717, 1.165) is 12.8 Å². The number of hydrogen-bond acceptors (Lipinski definition) is 2. The Labute approximate surface area is 142 Å². The van der Waals surface area contributed by atoms with Crippen LogP contribution in [0.3, 0.4) is 0 Å². The summed E-state index contributed by atoms with van der Waals surface area (Å²) < 4.78 is 5.59. The van der Waals surface area contributed by atoms with E-state index in [4.69, 9.17) is 16.3 Å². The van der Waals surface area contributed by atoms with Crippen molar-refractivity contribution >= 4 is 17.5 Å². The van der Waals surface area contributed by atoms with Gasteiger partial charge in [-0.15, -0.1) is 0 Å². The second kappa shape index (κ2) is 8.59. The Bertz CT molecular complexity index is 640. The van der Waals surface area contributed by atoms with E-state index in [0.29, 0.717) is 17.3 Å². The first-order valence-electron chi connectivity index (χ1n) is 7.80. The summed E-state index contributed by atoms with van der Waals surface area (Å²) in [4.78, 5) is 12.0. The molecule has 1 N–H and O–H groups in total. The second-order valence-corrected chi connectivity index (χ2v) is 5.98. The van der Waals surface area contributed by atoms with Crippen LogP contribution in [0.5, 0.6) is 5.75 Å². The van der Waals surface area contributed by atoms with Gasteiger partial charge in [-0.3, -0.25) is 4.79 Å². The molecule has 0 fully saturated rings. The predicted octanol–water partition coefficient (Wildman–Crippen LogP) is 4.16. The summed E-state index contributed by atoms with van der Waals surface area (Å²) in [7, 11) is 0. The summed E-state index contributed by atoms with van der Waals surface area (Å²) in [6.45, 7) is 4.42. The van der Waals surface area contributed by atoms with Gasteiger partial charge in [0.15, 0.2) is 6.10 Å². The first-order valence-corrected chi connectivity index (χ1v) is 8.18. The van der Waals surface area contributed by atoms with E-state index in [1.807, 2.05) is 12.1 Å². The molecule has 122 valence electrons. The van der Waals surface area contributed by atoms with Gasteiger partial charge < -0.3 is 10.1 Å². The number of carbonyl (C=O) groups is 1. The van der Waals surface area contributed by atoms with E-state index in [1.54, 1.807) is 19.1 Å². The highest BCUT2D eigenvalue weighted by molar-refractivity contribution is 6.32. The zero-order chi connectivity index (χ0) is 16.7. The van der Waals surface area contributed by atoms with Crippen LogP contribution in [-0.4, -0.2) is 18.6 Å². The van der Waals surface area contributed by atoms with Gasteiger partial charge >= 0.3 is 0 Å². The standard InChI is InChI=1S/C19H22ClNO2/c1-14-9-11-16(12-10-14)6-5-13-21-19(22)15(2)23-18-8-4-3-7-17(18)20/h3-4,7-12,15H,5-6,13H2,1-2H3,(H,21,22)/t15-/m1/s1. The normalized spacial score (nSPS) is 11.8. The molecule has 3 nitrogen and oxygen atoms in total. The van der Waals surface area contributed by atoms with Gasteiger partial charge in [-0.25, -0.2) is 0 Å². The van der Waals surface area contributed by atoms with E-state index >= 15 is 0 Å². The van der Waals surface area contributed by atoms with Crippen LogP contribution < -0.4 is 10.1 Å². The molecule has 1 atom stereocenters. The van der Waals surface area contributed by atoms with Crippen LogP contribution >= 0.6 is 11.6 Å². The van der Waals surface area contributed by atoms with Crippen LogP contribution in [0.15, 0.2) is 48.5 Å². The summed E-state index contributed by atoms with van der Waals surface area (Å²) in [6, 6.07) is 15.6. The van der Waals surface area contributed by atoms with Crippen molar-refractivity contribution in [2.45, 2.75) is 32.8 Å². The number of para-hydroxylation sites is 1. The van der Waals surface area contributed by atoms with Crippen molar-refractivity contribution in [2.75, 3.05) is 6.54 Å². The highest BCUT2D eigenvalue weighted by Crippen LogP contribution is 2.24. The molecule has 1 amide bonds. The molecule has 0 heterocycles. The number of halogens is 1. The van der Waals surface area contributed by atoms with E-state index in [-0.39, 0.29) is 5.91 Å². The van der Waals surface area contributed by atoms with Gasteiger partial charge in [-0.2, -0.15) is 0 Å². The quantitative estimate of drug-likeness (QED) is 0.773. The van der Waals surface area contributed by atoms with Crippen LogP contribution in [0.25, 0.3) is 0 Å². The number of benzene rings is 2. The molecule has 4 heteroatoms. The number of rotatable bonds is 7. The lowest BCUT2D eigenvalue weighted by Crippen LogP contribution is -2.37. The molecule has 0 unspecified atom stereocenters. The van der Waals surface area contributed by atoms with Gasteiger partial charge in [0, 0.05) is 6.54 Å². The highest BCUT2D eigenvalue weighted by Gasteiger charge is 2.15. The van der Waals surface area contributed by atoms with Crippen molar-refractivity contribution in [1.82, 2.24) is 5.32 Å². The number of aryl methyl sites for hydroxylation is 2. The largest absolute Gasteiger partial charge is 0.479 e. The van der Waals surface area contributed by atoms with Crippen LogP contribution in [0.4, 0.5) is 0 Å². The molecule has 0 aliphatic heterocycles. The van der Waals surface area contributed by atoms with E-state index in [9.17, 15) is 4.79 Å². The lowest BCUT2D eigenvalue weighted by atomic mass is 10.1. The summed E-state index contributed by atoms with van der Waals surface area (Å²) in [5.41, 5.74) is 2.54. The Morgan fingerprint density at radius 2 is 1.87 bits per heavy atom. The van der Waals surface area contributed by atoms with Crippen LogP contribution in [0.1, 0.15) is 24.5 Å². The van der Waals surface area contributed by atoms with E-state index in [2.05, 4.69) is 36.5 Å². The first-order chi connectivity index (χ1) is 11.1. The Kier molecular flexibility index (Phi) is 6.48. The maximum absolute atomic E-state index is 12.0. The average molecular weight is 332 g/mol.